The predicted octanol–water partition coefficient (Wildman–Crippen LogP) is -4.15. The van der Waals surface area contributed by atoms with Crippen molar-refractivity contribution in [3.8, 4) is 0 Å². The van der Waals surface area contributed by atoms with Crippen molar-refractivity contribution in [3.05, 3.63) is 43.0 Å². The SMILES string of the molecule is [Br-].[Br-].[SiH2]=[Zr+2]([C]1=CC=CC1)[C]1=CC=CC1. The van der Waals surface area contributed by atoms with Gasteiger partial charge in [-0.05, 0) is 0 Å². The summed E-state index contributed by atoms with van der Waals surface area (Å²) in [6.07, 6.45) is 16.2. The minimum atomic E-state index is -1.25. The molecule has 0 fully saturated rings. The monoisotopic (exact) mass is 408 g/mol. The van der Waals surface area contributed by atoms with Gasteiger partial charge in [0.15, 0.2) is 0 Å². The summed E-state index contributed by atoms with van der Waals surface area (Å²) in [5.41, 5.74) is 0. The van der Waals surface area contributed by atoms with E-state index in [0.29, 0.717) is 0 Å². The molecule has 0 aromatic heterocycles. The molecule has 0 saturated carbocycles. The van der Waals surface area contributed by atoms with Crippen molar-refractivity contribution in [1.29, 1.82) is 0 Å². The van der Waals surface area contributed by atoms with Gasteiger partial charge in [-0.25, -0.2) is 0 Å². The van der Waals surface area contributed by atoms with E-state index in [2.05, 4.69) is 43.3 Å². The molecule has 0 unspecified atom stereocenters. The fraction of sp³-hybridized carbons (Fsp3) is 0.200. The first kappa shape index (κ1) is 15.0. The molecule has 0 saturated heterocycles. The normalized spacial score (nSPS) is 16.2. The van der Waals surface area contributed by atoms with Gasteiger partial charge in [-0.15, -0.1) is 0 Å². The summed E-state index contributed by atoms with van der Waals surface area (Å²) >= 11 is -1.25. The zero-order valence-corrected chi connectivity index (χ0v) is 14.9. The molecule has 0 nitrogen and oxygen atoms in total. The van der Waals surface area contributed by atoms with Gasteiger partial charge < -0.3 is 34.0 Å². The van der Waals surface area contributed by atoms with E-state index in [1.807, 2.05) is 0 Å². The molecule has 2 aliphatic carbocycles. The second-order valence-electron chi connectivity index (χ2n) is 3.13. The van der Waals surface area contributed by atoms with Crippen LogP contribution in [0.4, 0.5) is 0 Å². The van der Waals surface area contributed by atoms with E-state index in [1.165, 1.54) is 12.8 Å². The first-order valence-corrected chi connectivity index (χ1v) is 12.7. The topological polar surface area (TPSA) is 0 Å². The summed E-state index contributed by atoms with van der Waals surface area (Å²) in [5.74, 6) is 0. The summed E-state index contributed by atoms with van der Waals surface area (Å²) < 4.78 is 3.54. The Balaban J connectivity index is 0.000000845. The van der Waals surface area contributed by atoms with Crippen molar-refractivity contribution < 1.29 is 54.3 Å². The van der Waals surface area contributed by atoms with Gasteiger partial charge in [-0.3, -0.25) is 0 Å². The molecule has 2 aliphatic rings. The van der Waals surface area contributed by atoms with Gasteiger partial charge in [0.2, 0.25) is 0 Å². The second kappa shape index (κ2) is 7.32. The van der Waals surface area contributed by atoms with Crippen LogP contribution in [0.5, 0.6) is 0 Å². The van der Waals surface area contributed by atoms with Crippen LogP contribution in [-0.2, 0) is 20.4 Å². The fourth-order valence-corrected chi connectivity index (χ4v) is 8.92. The van der Waals surface area contributed by atoms with Crippen molar-refractivity contribution in [2.45, 2.75) is 12.8 Å². The van der Waals surface area contributed by atoms with Crippen LogP contribution in [0.25, 0.3) is 0 Å². The third-order valence-electron chi connectivity index (χ3n) is 2.32. The van der Waals surface area contributed by atoms with Gasteiger partial charge in [0.25, 0.3) is 0 Å². The molecule has 0 aromatic carbocycles. The van der Waals surface area contributed by atoms with E-state index in [-0.39, 0.29) is 34.0 Å². The van der Waals surface area contributed by atoms with Gasteiger partial charge in [-0.1, -0.05) is 0 Å². The van der Waals surface area contributed by atoms with E-state index >= 15 is 0 Å². The molecular formula is C10H12Br2SiZr. The zero-order chi connectivity index (χ0) is 8.39. The van der Waals surface area contributed by atoms with E-state index in [0.717, 1.165) is 0 Å². The molecule has 4 heteroatoms. The van der Waals surface area contributed by atoms with Gasteiger partial charge in [0.1, 0.15) is 0 Å². The number of halogens is 2. The minimum absolute atomic E-state index is 0. The van der Waals surface area contributed by atoms with Crippen molar-refractivity contribution in [2.24, 2.45) is 0 Å². The van der Waals surface area contributed by atoms with Crippen LogP contribution in [-0.4, -0.2) is 6.88 Å². The number of hydrogen-bond donors (Lipinski definition) is 0. The van der Waals surface area contributed by atoms with Gasteiger partial charge >= 0.3 is 83.1 Å². The Morgan fingerprint density at radius 1 is 0.929 bits per heavy atom. The zero-order valence-electron chi connectivity index (χ0n) is 7.84. The summed E-state index contributed by atoms with van der Waals surface area (Å²) in [4.78, 5) is 0. The Morgan fingerprint density at radius 3 is 1.64 bits per heavy atom. The van der Waals surface area contributed by atoms with Crippen LogP contribution in [0.1, 0.15) is 12.8 Å². The standard InChI is InChI=1S/2C5H5.2BrH.H2Si.Zr/c2*1-2-4-5-3-1;;;;/h2*1-3H,4H2;2*1H;1H2;/q;;;;;+2/p-2. The number of allylic oxidation sites excluding steroid dienone is 8. The third kappa shape index (κ3) is 3.55. The molecule has 0 N–H and O–H groups in total. The van der Waals surface area contributed by atoms with Gasteiger partial charge in [0, 0.05) is 0 Å². The molecule has 0 amide bonds. The van der Waals surface area contributed by atoms with Crippen molar-refractivity contribution in [1.82, 2.24) is 0 Å². The van der Waals surface area contributed by atoms with Crippen molar-refractivity contribution >= 4 is 6.88 Å². The van der Waals surface area contributed by atoms with E-state index in [9.17, 15) is 0 Å². The Bertz CT molecular complexity index is 308. The van der Waals surface area contributed by atoms with Crippen LogP contribution >= 0.6 is 0 Å². The fourth-order valence-electron chi connectivity index (χ4n) is 1.55. The number of rotatable bonds is 2. The molecule has 14 heavy (non-hydrogen) atoms. The molecule has 2 rings (SSSR count). The first-order chi connectivity index (χ1) is 5.88. The Kier molecular flexibility index (Phi) is 7.85. The summed E-state index contributed by atoms with van der Waals surface area (Å²) in [6.45, 7) is 2.29. The van der Waals surface area contributed by atoms with Gasteiger partial charge in [0.05, 0.1) is 0 Å². The summed E-state index contributed by atoms with van der Waals surface area (Å²) in [5, 5.41) is 0. The van der Waals surface area contributed by atoms with Crippen LogP contribution in [0.3, 0.4) is 0 Å². The third-order valence-corrected chi connectivity index (χ3v) is 13.3. The van der Waals surface area contributed by atoms with E-state index < -0.39 is 20.4 Å². The molecule has 0 spiro atoms. The average Bonchev–Trinajstić information content (AvgIpc) is 2.77. The summed E-state index contributed by atoms with van der Waals surface area (Å²) in [7, 11) is 0. The molecule has 0 heterocycles. The Labute approximate surface area is 116 Å². The molecule has 0 aromatic rings. The Hall–Kier alpha value is 1.02. The second-order valence-corrected chi connectivity index (χ2v) is 12.8. The van der Waals surface area contributed by atoms with E-state index in [4.69, 9.17) is 0 Å². The molecule has 0 aliphatic heterocycles. The van der Waals surface area contributed by atoms with Crippen LogP contribution in [0, 0.1) is 0 Å². The molecular weight excluding hydrogens is 399 g/mol. The first-order valence-electron chi connectivity index (χ1n) is 4.29. The van der Waals surface area contributed by atoms with Crippen LogP contribution in [0.15, 0.2) is 43.0 Å². The van der Waals surface area contributed by atoms with Crippen molar-refractivity contribution in [2.75, 3.05) is 0 Å². The maximum absolute atomic E-state index is 2.35. The molecule has 0 atom stereocenters. The Morgan fingerprint density at radius 2 is 1.36 bits per heavy atom. The maximum atomic E-state index is 2.35. The average molecular weight is 411 g/mol. The van der Waals surface area contributed by atoms with E-state index in [1.54, 1.807) is 6.56 Å². The quantitative estimate of drug-likeness (QED) is 0.405. The molecule has 0 bridgehead atoms. The van der Waals surface area contributed by atoms with Crippen LogP contribution < -0.4 is 34.0 Å². The van der Waals surface area contributed by atoms with Crippen LogP contribution in [0.2, 0.25) is 0 Å². The number of hydrogen-bond acceptors (Lipinski definition) is 0. The van der Waals surface area contributed by atoms with Crippen molar-refractivity contribution in [3.63, 3.8) is 0 Å². The molecule has 0 radical (unpaired) electrons. The summed E-state index contributed by atoms with van der Waals surface area (Å²) in [6, 6.07) is 0. The molecule has 74 valence electrons. The van der Waals surface area contributed by atoms with Gasteiger partial charge in [-0.2, -0.15) is 0 Å². The predicted molar refractivity (Wildman–Crippen MR) is 52.2 cm³/mol.